The second-order valence-electron chi connectivity index (χ2n) is 12.3. The summed E-state index contributed by atoms with van der Waals surface area (Å²) < 4.78 is 21.9. The van der Waals surface area contributed by atoms with Crippen LogP contribution >= 0.6 is 7.82 Å². The molecule has 0 spiro atoms. The highest BCUT2D eigenvalue weighted by molar-refractivity contribution is 7.47. The minimum atomic E-state index is -4.39. The first-order valence-electron chi connectivity index (χ1n) is 18.0. The Kier molecular flexibility index (Phi) is 30.8. The van der Waals surface area contributed by atoms with Gasteiger partial charge in [-0.2, -0.15) is 0 Å². The van der Waals surface area contributed by atoms with Gasteiger partial charge in [-0.3, -0.25) is 13.8 Å². The van der Waals surface area contributed by atoms with E-state index >= 15 is 0 Å². The van der Waals surface area contributed by atoms with Crippen molar-refractivity contribution in [3.8, 4) is 0 Å². The molecule has 1 amide bonds. The molecule has 0 radical (unpaired) electrons. The van der Waals surface area contributed by atoms with Gasteiger partial charge in [0.1, 0.15) is 0 Å². The van der Waals surface area contributed by atoms with E-state index in [0.29, 0.717) is 6.42 Å². The zero-order valence-electron chi connectivity index (χ0n) is 28.7. The van der Waals surface area contributed by atoms with Crippen LogP contribution in [0.25, 0.3) is 0 Å². The van der Waals surface area contributed by atoms with Crippen LogP contribution in [-0.4, -0.2) is 59.0 Å². The third-order valence-corrected chi connectivity index (χ3v) is 8.81. The van der Waals surface area contributed by atoms with E-state index in [0.717, 1.165) is 51.4 Å². The molecule has 0 saturated heterocycles. The first-order chi connectivity index (χ1) is 21.8. The monoisotopic (exact) mass is 660 g/mol. The van der Waals surface area contributed by atoms with Crippen molar-refractivity contribution in [1.82, 2.24) is 5.32 Å². The zero-order valence-corrected chi connectivity index (χ0v) is 29.6. The number of rotatable bonds is 33. The maximum absolute atomic E-state index is 12.7. The van der Waals surface area contributed by atoms with Gasteiger partial charge in [-0.05, 0) is 44.9 Å². The lowest BCUT2D eigenvalue weighted by Gasteiger charge is -2.24. The summed E-state index contributed by atoms with van der Waals surface area (Å²) in [6.45, 7) is 3.90. The lowest BCUT2D eigenvalue weighted by molar-refractivity contribution is -0.124. The van der Waals surface area contributed by atoms with Crippen LogP contribution in [0, 0.1) is 0 Å². The first kappa shape index (κ1) is 43.9. The highest BCUT2D eigenvalue weighted by Gasteiger charge is 2.27. The molecule has 0 aliphatic heterocycles. The number of allylic oxidation sites excluding steroid dienone is 3. The summed E-state index contributed by atoms with van der Waals surface area (Å²) in [4.78, 5) is 22.5. The molecule has 0 aliphatic carbocycles. The van der Waals surface area contributed by atoms with E-state index in [-0.39, 0.29) is 19.6 Å². The number of hydrogen-bond donors (Lipinski definition) is 5. The van der Waals surface area contributed by atoms with E-state index in [1.165, 1.54) is 77.0 Å². The molecule has 0 aliphatic rings. The summed E-state index contributed by atoms with van der Waals surface area (Å²) in [7, 11) is -4.39. The molecular formula is C35H69N2O7P. The number of unbranched alkanes of at least 4 members (excludes halogenated alkanes) is 17. The van der Waals surface area contributed by atoms with E-state index in [4.69, 9.17) is 14.8 Å². The van der Waals surface area contributed by atoms with Gasteiger partial charge in [0.2, 0.25) is 5.91 Å². The van der Waals surface area contributed by atoms with Gasteiger partial charge in [-0.1, -0.05) is 128 Å². The number of aliphatic hydroxyl groups is 2. The van der Waals surface area contributed by atoms with Gasteiger partial charge in [0.05, 0.1) is 37.9 Å². The van der Waals surface area contributed by atoms with Gasteiger partial charge in [0, 0.05) is 6.54 Å². The van der Waals surface area contributed by atoms with Crippen molar-refractivity contribution in [1.29, 1.82) is 0 Å². The largest absolute Gasteiger partial charge is 0.472 e. The van der Waals surface area contributed by atoms with E-state index in [1.807, 2.05) is 6.08 Å². The summed E-state index contributed by atoms with van der Waals surface area (Å²) in [5, 5.41) is 23.8. The Morgan fingerprint density at radius 2 is 1.24 bits per heavy atom. The van der Waals surface area contributed by atoms with Crippen molar-refractivity contribution in [3.63, 3.8) is 0 Å². The first-order valence-corrected chi connectivity index (χ1v) is 19.5. The quantitative estimate of drug-likeness (QED) is 0.0270. The van der Waals surface area contributed by atoms with Gasteiger partial charge in [-0.15, -0.1) is 0 Å². The zero-order chi connectivity index (χ0) is 33.4. The highest BCUT2D eigenvalue weighted by Crippen LogP contribution is 2.43. The van der Waals surface area contributed by atoms with Crippen LogP contribution < -0.4 is 11.1 Å². The molecule has 6 N–H and O–H groups in total. The fourth-order valence-corrected chi connectivity index (χ4v) is 5.81. The number of nitrogens with two attached hydrogens (primary N) is 1. The van der Waals surface area contributed by atoms with E-state index < -0.39 is 38.6 Å². The Morgan fingerprint density at radius 1 is 0.756 bits per heavy atom. The number of aliphatic hydroxyl groups excluding tert-OH is 2. The summed E-state index contributed by atoms with van der Waals surface area (Å²) in [5.41, 5.74) is 5.33. The molecule has 266 valence electrons. The third-order valence-electron chi connectivity index (χ3n) is 7.83. The summed E-state index contributed by atoms with van der Waals surface area (Å²) in [6, 6.07) is -0.982. The van der Waals surface area contributed by atoms with Crippen LogP contribution in [0.5, 0.6) is 0 Å². The molecule has 0 fully saturated rings. The summed E-state index contributed by atoms with van der Waals surface area (Å²) >= 11 is 0. The maximum atomic E-state index is 12.7. The standard InChI is InChI=1S/C35H69N2O7P/c1-3-5-7-9-11-13-14-15-16-17-19-20-22-24-26-32(38)30-35(40)37-33(31-44-45(41,42)43-29-28-36)34(39)27-25-23-21-18-12-10-8-6-4-2/h16-17,25,27,32-34,38-39H,3-15,18-24,26,28-31,36H2,1-2H3,(H,37,40)(H,41,42)/b17-16-,27-25+. The van der Waals surface area contributed by atoms with Gasteiger partial charge in [0.15, 0.2) is 0 Å². The third kappa shape index (κ3) is 30.0. The molecule has 4 unspecified atom stereocenters. The second kappa shape index (κ2) is 31.5. The van der Waals surface area contributed by atoms with Crippen molar-refractivity contribution in [2.75, 3.05) is 19.8 Å². The molecule has 0 bridgehead atoms. The molecule has 0 aromatic heterocycles. The Labute approximate surface area is 275 Å². The number of phosphoric ester groups is 1. The fourth-order valence-electron chi connectivity index (χ4n) is 5.05. The molecule has 4 atom stereocenters. The number of phosphoric acid groups is 1. The van der Waals surface area contributed by atoms with Crippen LogP contribution in [0.2, 0.25) is 0 Å². The number of carbonyl (C=O) groups excluding carboxylic acids is 1. The molecule has 0 rings (SSSR count). The Morgan fingerprint density at radius 3 is 1.78 bits per heavy atom. The smallest absolute Gasteiger partial charge is 0.393 e. The van der Waals surface area contributed by atoms with Crippen LogP contribution in [-0.2, 0) is 18.4 Å². The van der Waals surface area contributed by atoms with Gasteiger partial charge in [0.25, 0.3) is 0 Å². The predicted molar refractivity (Wildman–Crippen MR) is 186 cm³/mol. The maximum Gasteiger partial charge on any atom is 0.472 e. The molecule has 9 nitrogen and oxygen atoms in total. The van der Waals surface area contributed by atoms with Crippen LogP contribution in [0.3, 0.4) is 0 Å². The summed E-state index contributed by atoms with van der Waals surface area (Å²) in [6.07, 6.45) is 29.8. The van der Waals surface area contributed by atoms with Gasteiger partial charge >= 0.3 is 7.82 Å². The average molecular weight is 661 g/mol. The molecule has 45 heavy (non-hydrogen) atoms. The molecular weight excluding hydrogens is 591 g/mol. The topological polar surface area (TPSA) is 151 Å². The fraction of sp³-hybridized carbons (Fsp3) is 0.857. The minimum absolute atomic E-state index is 0.0476. The number of nitrogens with one attached hydrogen (secondary N) is 1. The second-order valence-corrected chi connectivity index (χ2v) is 13.7. The highest BCUT2D eigenvalue weighted by atomic mass is 31.2. The van der Waals surface area contributed by atoms with Crippen molar-refractivity contribution in [3.05, 3.63) is 24.3 Å². The van der Waals surface area contributed by atoms with Gasteiger partial charge in [-0.25, -0.2) is 4.57 Å². The van der Waals surface area contributed by atoms with Crippen molar-refractivity contribution < 1.29 is 33.5 Å². The van der Waals surface area contributed by atoms with E-state index in [9.17, 15) is 24.5 Å². The van der Waals surface area contributed by atoms with Crippen molar-refractivity contribution in [2.45, 2.75) is 173 Å². The number of hydrogen-bond acceptors (Lipinski definition) is 7. The Balaban J connectivity index is 4.44. The van der Waals surface area contributed by atoms with Gasteiger partial charge < -0.3 is 26.2 Å². The molecule has 0 aromatic carbocycles. The average Bonchev–Trinajstić information content (AvgIpc) is 3.01. The number of carbonyl (C=O) groups is 1. The SMILES string of the molecule is CCCCCCCCC/C=C\CCCCCC(O)CC(=O)NC(COP(=O)(O)OCCN)C(O)/C=C/CCCCCCCCC. The number of amides is 1. The van der Waals surface area contributed by atoms with Crippen molar-refractivity contribution in [2.24, 2.45) is 5.73 Å². The molecule has 0 saturated carbocycles. The van der Waals surface area contributed by atoms with E-state index in [1.54, 1.807) is 6.08 Å². The van der Waals surface area contributed by atoms with Crippen molar-refractivity contribution >= 4 is 13.7 Å². The molecule has 0 heterocycles. The van der Waals surface area contributed by atoms with Crippen LogP contribution in [0.15, 0.2) is 24.3 Å². The molecule has 0 aromatic rings. The molecule has 10 heteroatoms. The predicted octanol–water partition coefficient (Wildman–Crippen LogP) is 8.02. The van der Waals surface area contributed by atoms with E-state index in [2.05, 4.69) is 31.3 Å². The summed E-state index contributed by atoms with van der Waals surface area (Å²) in [5.74, 6) is -0.459. The lowest BCUT2D eigenvalue weighted by Crippen LogP contribution is -2.46. The Bertz CT molecular complexity index is 781. The lowest BCUT2D eigenvalue weighted by atomic mass is 10.0. The minimum Gasteiger partial charge on any atom is -0.393 e. The van der Waals surface area contributed by atoms with Crippen LogP contribution in [0.4, 0.5) is 0 Å². The van der Waals surface area contributed by atoms with Crippen LogP contribution in [0.1, 0.15) is 155 Å². The Hall–Kier alpha value is -1.06. The normalized spacial score (nSPS) is 15.4.